The number of aliphatic hydroxyl groups excluding tert-OH is 4. The predicted molar refractivity (Wildman–Crippen MR) is 109 cm³/mol. The molecule has 4 atom stereocenters. The van der Waals surface area contributed by atoms with Crippen LogP contribution in [-0.4, -0.2) is 68.9 Å². The summed E-state index contributed by atoms with van der Waals surface area (Å²) in [5, 5.41) is 47.4. The Balaban J connectivity index is -0.0000000566. The van der Waals surface area contributed by atoms with Gasteiger partial charge in [0.15, 0.2) is 12.2 Å². The molecule has 1 amide bonds. The summed E-state index contributed by atoms with van der Waals surface area (Å²) in [4.78, 5) is 21.8. The molecule has 0 saturated heterocycles. The Kier molecular flexibility index (Phi) is 14.4. The first-order chi connectivity index (χ1) is 12.3. The van der Waals surface area contributed by atoms with Crippen LogP contribution in [0.3, 0.4) is 0 Å². The minimum atomic E-state index is -2.38. The summed E-state index contributed by atoms with van der Waals surface area (Å²) in [7, 11) is 1.50. The summed E-state index contributed by atoms with van der Waals surface area (Å²) >= 11 is 0. The average molecular weight is 378 g/mol. The van der Waals surface area contributed by atoms with Crippen molar-refractivity contribution in [2.24, 2.45) is 5.73 Å². The number of carbonyl (C=O) groups is 2. The molecule has 0 rings (SSSR count). The van der Waals surface area contributed by atoms with Crippen molar-refractivity contribution in [3.05, 3.63) is 0 Å². The molecule has 0 fully saturated rings. The summed E-state index contributed by atoms with van der Waals surface area (Å²) in [5.41, 5.74) is 4.50. The summed E-state index contributed by atoms with van der Waals surface area (Å²) in [6, 6.07) is 2.02. The number of nitrogens with two attached hydrogens (primary N) is 1. The Labute approximate surface area is 163 Å². The van der Waals surface area contributed by atoms with Crippen LogP contribution < -0.4 is 11.1 Å². The molecule has 9 heteroatoms. The SMILES string of the molecule is C#CC#CC#CC#CC#CNC(=O)[C@@H](O)[C@H](O)[C@@H](O)[C@@H](O)C(=O)O.CN.[HH].[HH].[HH].[HH].[HH].[HH].[HH].[HH].[HH]. The maximum Gasteiger partial charge on any atom is 0.335 e. The van der Waals surface area contributed by atoms with Crippen LogP contribution in [0.15, 0.2) is 0 Å². The summed E-state index contributed by atoms with van der Waals surface area (Å²) < 4.78 is 0. The monoisotopic (exact) mass is 378 g/mol. The minimum Gasteiger partial charge on any atom is -0.479 e. The highest BCUT2D eigenvalue weighted by Crippen LogP contribution is 2.05. The highest BCUT2D eigenvalue weighted by molar-refractivity contribution is 5.83. The van der Waals surface area contributed by atoms with Gasteiger partial charge in [-0.25, -0.2) is 4.79 Å². The average Bonchev–Trinajstić information content (AvgIpc) is 2.65. The van der Waals surface area contributed by atoms with Crippen LogP contribution in [-0.2, 0) is 9.59 Å². The molecule has 0 aromatic rings. The molecule has 0 aromatic heterocycles. The number of nitrogens with one attached hydrogen (secondary N) is 1. The third-order valence-corrected chi connectivity index (χ3v) is 2.21. The number of carbonyl (C=O) groups excluding carboxylic acids is 1. The second-order valence-corrected chi connectivity index (χ2v) is 3.84. The van der Waals surface area contributed by atoms with Gasteiger partial charge in [-0.1, -0.05) is 0 Å². The molecule has 0 aliphatic rings. The first-order valence-corrected chi connectivity index (χ1v) is 6.61. The van der Waals surface area contributed by atoms with Crippen LogP contribution >= 0.6 is 0 Å². The Morgan fingerprint density at radius 3 is 1.77 bits per heavy atom. The van der Waals surface area contributed by atoms with E-state index < -0.39 is 36.3 Å². The van der Waals surface area contributed by atoms with Gasteiger partial charge in [0.25, 0.3) is 5.91 Å². The lowest BCUT2D eigenvalue weighted by Gasteiger charge is -2.23. The molecule has 0 aromatic carbocycles. The number of carboxylic acid groups (broad SMARTS) is 1. The maximum absolute atomic E-state index is 11.4. The van der Waals surface area contributed by atoms with E-state index in [1.165, 1.54) is 7.05 Å². The van der Waals surface area contributed by atoms with Crippen molar-refractivity contribution >= 4 is 11.9 Å². The van der Waals surface area contributed by atoms with Crippen molar-refractivity contribution in [2.75, 3.05) is 7.05 Å². The van der Waals surface area contributed by atoms with E-state index in [0.29, 0.717) is 0 Å². The number of terminal acetylenes is 1. The van der Waals surface area contributed by atoms with E-state index >= 15 is 0 Å². The van der Waals surface area contributed by atoms with E-state index in [1.54, 1.807) is 0 Å². The number of hydrogen-bond acceptors (Lipinski definition) is 7. The molecule has 0 aliphatic carbocycles. The van der Waals surface area contributed by atoms with Gasteiger partial charge in [-0.05, 0) is 30.7 Å². The van der Waals surface area contributed by atoms with Gasteiger partial charge < -0.3 is 31.3 Å². The predicted octanol–water partition coefficient (Wildman–Crippen LogP) is -1.98. The Bertz CT molecular complexity index is 798. The van der Waals surface area contributed by atoms with Gasteiger partial charge in [-0.2, -0.15) is 0 Å². The van der Waals surface area contributed by atoms with E-state index in [2.05, 4.69) is 47.2 Å². The molecule has 0 heterocycles. The number of aliphatic hydroxyl groups is 4. The highest BCUT2D eigenvalue weighted by Gasteiger charge is 2.37. The largest absolute Gasteiger partial charge is 0.479 e. The third kappa shape index (κ3) is 10.3. The van der Waals surface area contributed by atoms with Crippen LogP contribution in [0.2, 0.25) is 0 Å². The van der Waals surface area contributed by atoms with E-state index in [1.807, 2.05) is 17.3 Å². The molecule has 0 unspecified atom stereocenters. The number of amides is 1. The lowest BCUT2D eigenvalue weighted by atomic mass is 10.0. The molecule has 9 nitrogen and oxygen atoms in total. The second-order valence-electron chi connectivity index (χ2n) is 3.84. The first kappa shape index (κ1) is 24.8. The van der Waals surface area contributed by atoms with E-state index in [9.17, 15) is 24.9 Å². The molecule has 0 saturated carbocycles. The van der Waals surface area contributed by atoms with E-state index in [0.717, 1.165) is 0 Å². The molecule has 0 bridgehead atoms. The standard InChI is InChI=1S/C16H11NO7.CH5N.9H2/c1-2-3-4-5-6-7-8-9-10-17-15(22)13(20)11(18)12(19)14(21)16(23)24;1-2;;;;;;;;;/h1,11-14,18-21H,(H,17,22)(H,23,24);2H2,1H3;9*1H/t11-,12-,13+,14-;;;;;;;;;;/m1........../s1. The van der Waals surface area contributed by atoms with Gasteiger partial charge in [0.1, 0.15) is 12.2 Å². The van der Waals surface area contributed by atoms with Crippen molar-refractivity contribution in [3.8, 4) is 59.8 Å². The summed E-state index contributed by atoms with van der Waals surface area (Å²) in [6.07, 6.45) is -4.29. The number of carboxylic acids is 1. The lowest BCUT2D eigenvalue weighted by Crippen LogP contribution is -2.52. The summed E-state index contributed by atoms with van der Waals surface area (Å²) in [6.45, 7) is 0. The van der Waals surface area contributed by atoms with Crippen LogP contribution in [0, 0.1) is 59.8 Å². The van der Waals surface area contributed by atoms with Crippen molar-refractivity contribution < 1.29 is 48.0 Å². The molecule has 0 radical (unpaired) electrons. The van der Waals surface area contributed by atoms with Gasteiger partial charge >= 0.3 is 5.97 Å². The molecule has 0 aliphatic heterocycles. The lowest BCUT2D eigenvalue weighted by molar-refractivity contribution is -0.166. The fraction of sp³-hybridized carbons (Fsp3) is 0.294. The number of hydrogen-bond donors (Lipinski definition) is 7. The van der Waals surface area contributed by atoms with Crippen LogP contribution in [0.25, 0.3) is 0 Å². The Morgan fingerprint density at radius 2 is 1.31 bits per heavy atom. The Hall–Kier alpha value is -3.46. The van der Waals surface area contributed by atoms with Gasteiger partial charge in [-0.3, -0.25) is 10.1 Å². The summed E-state index contributed by atoms with van der Waals surface area (Å²) in [5.74, 6) is 14.7. The quantitative estimate of drug-likeness (QED) is 0.213. The zero-order chi connectivity index (χ0) is 20.5. The zero-order valence-electron chi connectivity index (χ0n) is 13.5. The van der Waals surface area contributed by atoms with Gasteiger partial charge in [0, 0.05) is 42.6 Å². The molecular formula is C17H34N2O7. The second kappa shape index (κ2) is 15.1. The molecule has 26 heavy (non-hydrogen) atoms. The highest BCUT2D eigenvalue weighted by atomic mass is 16.4. The van der Waals surface area contributed by atoms with Crippen molar-refractivity contribution in [1.82, 2.24) is 5.32 Å². The Morgan fingerprint density at radius 1 is 0.885 bits per heavy atom. The van der Waals surface area contributed by atoms with E-state index in [-0.39, 0.29) is 12.8 Å². The fourth-order valence-corrected chi connectivity index (χ4v) is 1.07. The third-order valence-electron chi connectivity index (χ3n) is 2.21. The topological polar surface area (TPSA) is 173 Å². The number of aliphatic carboxylic acids is 1. The number of rotatable bonds is 5. The van der Waals surface area contributed by atoms with Crippen LogP contribution in [0.5, 0.6) is 0 Å². The molecule has 8 N–H and O–H groups in total. The van der Waals surface area contributed by atoms with Crippen LogP contribution in [0.1, 0.15) is 12.8 Å². The smallest absolute Gasteiger partial charge is 0.335 e. The fourth-order valence-electron chi connectivity index (χ4n) is 1.07. The van der Waals surface area contributed by atoms with Gasteiger partial charge in [0.2, 0.25) is 0 Å². The molecular weight excluding hydrogens is 344 g/mol. The van der Waals surface area contributed by atoms with Crippen molar-refractivity contribution in [2.45, 2.75) is 24.4 Å². The normalized spacial score (nSPS) is 12.3. The molecule has 0 spiro atoms. The van der Waals surface area contributed by atoms with E-state index in [4.69, 9.17) is 16.6 Å². The zero-order valence-corrected chi connectivity index (χ0v) is 13.5. The van der Waals surface area contributed by atoms with Crippen molar-refractivity contribution in [3.63, 3.8) is 0 Å². The van der Waals surface area contributed by atoms with Gasteiger partial charge in [0.05, 0.1) is 0 Å². The van der Waals surface area contributed by atoms with Gasteiger partial charge in [-0.15, -0.1) is 6.42 Å². The van der Waals surface area contributed by atoms with Crippen LogP contribution in [0.4, 0.5) is 0 Å². The first-order valence-electron chi connectivity index (χ1n) is 6.61. The molecule has 154 valence electrons. The maximum atomic E-state index is 11.4. The minimum absolute atomic E-state index is 0. The van der Waals surface area contributed by atoms with Crippen molar-refractivity contribution in [1.29, 1.82) is 0 Å².